The van der Waals surface area contributed by atoms with Gasteiger partial charge in [-0.1, -0.05) is 0 Å². The zero-order valence-corrected chi connectivity index (χ0v) is 6.86. The smallest absolute Gasteiger partial charge is 0.404 e. The van der Waals surface area contributed by atoms with Crippen LogP contribution in [0.15, 0.2) is 0 Å². The molecule has 0 unspecified atom stereocenters. The molecule has 0 aromatic heterocycles. The van der Waals surface area contributed by atoms with Crippen LogP contribution in [0.5, 0.6) is 0 Å². The topological polar surface area (TPSA) is 72.8 Å². The average Bonchev–Trinajstić information content (AvgIpc) is 2.35. The Labute approximate surface area is 71.0 Å². The van der Waals surface area contributed by atoms with E-state index in [0.717, 1.165) is 13.0 Å². The van der Waals surface area contributed by atoms with Crippen molar-refractivity contribution in [1.29, 1.82) is 0 Å². The van der Waals surface area contributed by atoms with Crippen molar-refractivity contribution in [2.75, 3.05) is 26.2 Å². The maximum absolute atomic E-state index is 10.1. The van der Waals surface area contributed by atoms with Crippen LogP contribution in [0.1, 0.15) is 6.42 Å². The molecule has 70 valence electrons. The minimum absolute atomic E-state index is 0.227. The summed E-state index contributed by atoms with van der Waals surface area (Å²) in [5.74, 6) is 0. The number of aliphatic hydroxyl groups excluding tert-OH is 1. The van der Waals surface area contributed by atoms with Gasteiger partial charge >= 0.3 is 6.09 Å². The van der Waals surface area contributed by atoms with E-state index in [4.69, 9.17) is 10.2 Å². The molecule has 0 aromatic rings. The van der Waals surface area contributed by atoms with E-state index in [1.54, 1.807) is 0 Å². The molecular weight excluding hydrogens is 160 g/mol. The number of rotatable bonds is 3. The van der Waals surface area contributed by atoms with E-state index in [1.807, 2.05) is 4.90 Å². The zero-order valence-electron chi connectivity index (χ0n) is 6.86. The number of carboxylic acid groups (broad SMARTS) is 1. The Morgan fingerprint density at radius 1 is 1.67 bits per heavy atom. The predicted molar refractivity (Wildman–Crippen MR) is 43.1 cm³/mol. The van der Waals surface area contributed by atoms with Crippen LogP contribution in [0.3, 0.4) is 0 Å². The molecule has 5 nitrogen and oxygen atoms in total. The van der Waals surface area contributed by atoms with Gasteiger partial charge < -0.3 is 15.5 Å². The lowest BCUT2D eigenvalue weighted by molar-refractivity contribution is 0.174. The summed E-state index contributed by atoms with van der Waals surface area (Å²) in [6.45, 7) is 2.65. The van der Waals surface area contributed by atoms with E-state index >= 15 is 0 Å². The fraction of sp³-hybridized carbons (Fsp3) is 0.857. The van der Waals surface area contributed by atoms with E-state index in [-0.39, 0.29) is 6.10 Å². The first-order chi connectivity index (χ1) is 5.68. The molecule has 5 heteroatoms. The number of carbonyl (C=O) groups is 1. The van der Waals surface area contributed by atoms with E-state index in [2.05, 4.69) is 5.32 Å². The molecular formula is C7H14N2O3. The normalized spacial score (nSPS) is 24.2. The lowest BCUT2D eigenvalue weighted by atomic mass is 10.3. The number of likely N-dealkylation sites (tertiary alicyclic amines) is 1. The Kier molecular flexibility index (Phi) is 3.31. The Morgan fingerprint density at radius 2 is 2.42 bits per heavy atom. The summed E-state index contributed by atoms with van der Waals surface area (Å²) in [5.41, 5.74) is 0. The predicted octanol–water partition coefficient (Wildman–Crippen LogP) is -0.679. The maximum Gasteiger partial charge on any atom is 0.404 e. The number of hydrogen-bond acceptors (Lipinski definition) is 3. The van der Waals surface area contributed by atoms with Gasteiger partial charge in [-0.2, -0.15) is 0 Å². The number of hydrogen-bond donors (Lipinski definition) is 3. The summed E-state index contributed by atoms with van der Waals surface area (Å²) in [7, 11) is 0. The third-order valence-electron chi connectivity index (χ3n) is 1.95. The average molecular weight is 174 g/mol. The lowest BCUT2D eigenvalue weighted by Crippen LogP contribution is -2.33. The number of β-amino-alcohol motifs (C(OH)–C–C–N with tert-alkyl or cyclic N) is 1. The van der Waals surface area contributed by atoms with E-state index in [0.29, 0.717) is 19.6 Å². The molecule has 1 rings (SSSR count). The van der Waals surface area contributed by atoms with E-state index < -0.39 is 6.09 Å². The minimum atomic E-state index is -0.991. The highest BCUT2D eigenvalue weighted by Crippen LogP contribution is 2.06. The van der Waals surface area contributed by atoms with Gasteiger partial charge in [0.25, 0.3) is 0 Å². The van der Waals surface area contributed by atoms with Crippen LogP contribution in [0.2, 0.25) is 0 Å². The monoisotopic (exact) mass is 174 g/mol. The van der Waals surface area contributed by atoms with Crippen LogP contribution in [-0.4, -0.2) is 53.5 Å². The highest BCUT2D eigenvalue weighted by atomic mass is 16.4. The lowest BCUT2D eigenvalue weighted by Gasteiger charge is -2.13. The van der Waals surface area contributed by atoms with Crippen molar-refractivity contribution < 1.29 is 15.0 Å². The summed E-state index contributed by atoms with van der Waals surface area (Å²) in [6, 6.07) is 0. The van der Waals surface area contributed by atoms with Crippen molar-refractivity contribution in [3.8, 4) is 0 Å². The third kappa shape index (κ3) is 3.06. The van der Waals surface area contributed by atoms with Crippen molar-refractivity contribution in [3.05, 3.63) is 0 Å². The molecule has 1 amide bonds. The first-order valence-electron chi connectivity index (χ1n) is 4.05. The standard InChI is InChI=1S/C7H14N2O3/c10-6-1-3-9(5-6)4-2-8-7(11)12/h6,8,10H,1-5H2,(H,11,12)/t6-/m0/s1. The van der Waals surface area contributed by atoms with Crippen LogP contribution < -0.4 is 5.32 Å². The number of amides is 1. The molecule has 1 atom stereocenters. The molecule has 12 heavy (non-hydrogen) atoms. The van der Waals surface area contributed by atoms with Crippen LogP contribution >= 0.6 is 0 Å². The molecule has 3 N–H and O–H groups in total. The number of nitrogens with one attached hydrogen (secondary N) is 1. The summed E-state index contributed by atoms with van der Waals surface area (Å²) < 4.78 is 0. The Hall–Kier alpha value is -0.810. The molecule has 1 aliphatic heterocycles. The van der Waals surface area contributed by atoms with Crippen molar-refractivity contribution in [1.82, 2.24) is 10.2 Å². The summed E-state index contributed by atoms with van der Waals surface area (Å²) >= 11 is 0. The van der Waals surface area contributed by atoms with Gasteiger partial charge in [0.15, 0.2) is 0 Å². The van der Waals surface area contributed by atoms with E-state index in [1.165, 1.54) is 0 Å². The molecule has 1 aliphatic rings. The fourth-order valence-corrected chi connectivity index (χ4v) is 1.34. The second-order valence-electron chi connectivity index (χ2n) is 2.98. The van der Waals surface area contributed by atoms with Crippen molar-refractivity contribution in [2.45, 2.75) is 12.5 Å². The van der Waals surface area contributed by atoms with Gasteiger partial charge in [0.05, 0.1) is 6.10 Å². The molecule has 0 spiro atoms. The SMILES string of the molecule is O=C(O)NCCN1CC[C@H](O)C1. The number of nitrogens with zero attached hydrogens (tertiary/aromatic N) is 1. The highest BCUT2D eigenvalue weighted by molar-refractivity contribution is 5.64. The second-order valence-corrected chi connectivity index (χ2v) is 2.98. The van der Waals surface area contributed by atoms with Crippen LogP contribution in [0.4, 0.5) is 4.79 Å². The van der Waals surface area contributed by atoms with Gasteiger partial charge in [-0.25, -0.2) is 4.79 Å². The van der Waals surface area contributed by atoms with Crippen molar-refractivity contribution in [3.63, 3.8) is 0 Å². The quantitative estimate of drug-likeness (QED) is 0.530. The zero-order chi connectivity index (χ0) is 8.97. The van der Waals surface area contributed by atoms with E-state index in [9.17, 15) is 4.79 Å². The molecule has 1 heterocycles. The molecule has 0 radical (unpaired) electrons. The second kappa shape index (κ2) is 4.27. The molecule has 0 saturated carbocycles. The first kappa shape index (κ1) is 9.28. The minimum Gasteiger partial charge on any atom is -0.465 e. The van der Waals surface area contributed by atoms with Gasteiger partial charge in [-0.3, -0.25) is 4.90 Å². The van der Waals surface area contributed by atoms with Gasteiger partial charge in [-0.15, -0.1) is 0 Å². The molecule has 0 bridgehead atoms. The van der Waals surface area contributed by atoms with Crippen LogP contribution in [-0.2, 0) is 0 Å². The molecule has 0 aromatic carbocycles. The molecule has 1 saturated heterocycles. The summed E-state index contributed by atoms with van der Waals surface area (Å²) in [4.78, 5) is 12.1. The summed E-state index contributed by atoms with van der Waals surface area (Å²) in [6.07, 6.45) is -0.419. The summed E-state index contributed by atoms with van der Waals surface area (Å²) in [5, 5.41) is 19.7. The van der Waals surface area contributed by atoms with Crippen LogP contribution in [0.25, 0.3) is 0 Å². The maximum atomic E-state index is 10.1. The van der Waals surface area contributed by atoms with Crippen molar-refractivity contribution >= 4 is 6.09 Å². The number of aliphatic hydroxyl groups is 1. The Bertz CT molecular complexity index is 163. The largest absolute Gasteiger partial charge is 0.465 e. The third-order valence-corrected chi connectivity index (χ3v) is 1.95. The van der Waals surface area contributed by atoms with Gasteiger partial charge in [0, 0.05) is 26.2 Å². The van der Waals surface area contributed by atoms with Gasteiger partial charge in [-0.05, 0) is 6.42 Å². The first-order valence-corrected chi connectivity index (χ1v) is 4.05. The van der Waals surface area contributed by atoms with Gasteiger partial charge in [0.2, 0.25) is 0 Å². The Balaban J connectivity index is 2.04. The van der Waals surface area contributed by atoms with Gasteiger partial charge in [0.1, 0.15) is 0 Å². The molecule has 1 fully saturated rings. The Morgan fingerprint density at radius 3 is 2.92 bits per heavy atom. The fourth-order valence-electron chi connectivity index (χ4n) is 1.34. The highest BCUT2D eigenvalue weighted by Gasteiger charge is 2.19. The van der Waals surface area contributed by atoms with Crippen molar-refractivity contribution in [2.24, 2.45) is 0 Å². The van der Waals surface area contributed by atoms with Crippen LogP contribution in [0, 0.1) is 0 Å². The molecule has 0 aliphatic carbocycles.